The lowest BCUT2D eigenvalue weighted by molar-refractivity contribution is -0.119. The molecule has 1 N–H and O–H groups in total. The Hall–Kier alpha value is -2.48. The lowest BCUT2D eigenvalue weighted by Gasteiger charge is -2.27. The summed E-state index contributed by atoms with van der Waals surface area (Å²) < 4.78 is 38.7. The highest BCUT2D eigenvalue weighted by molar-refractivity contribution is 7.90. The van der Waals surface area contributed by atoms with E-state index in [1.807, 2.05) is 18.2 Å². The van der Waals surface area contributed by atoms with Gasteiger partial charge in [0.25, 0.3) is 10.0 Å². The van der Waals surface area contributed by atoms with Gasteiger partial charge in [-0.15, -0.1) is 0 Å². The Bertz CT molecular complexity index is 1070. The van der Waals surface area contributed by atoms with Crippen molar-refractivity contribution in [3.63, 3.8) is 0 Å². The number of hydrogen-bond acceptors (Lipinski definition) is 5. The first-order valence-corrected chi connectivity index (χ1v) is 14.0. The van der Waals surface area contributed by atoms with Gasteiger partial charge in [-0.25, -0.2) is 13.1 Å². The number of rotatable bonds is 13. The summed E-state index contributed by atoms with van der Waals surface area (Å²) >= 11 is 0. The van der Waals surface area contributed by atoms with Gasteiger partial charge in [0.15, 0.2) is 0 Å². The number of unbranched alkanes of at least 4 members (excludes halogenated alkanes) is 1. The average molecular weight is 498 g/mol. The third-order valence-electron chi connectivity index (χ3n) is 6.95. The van der Waals surface area contributed by atoms with Gasteiger partial charge in [-0.1, -0.05) is 60.7 Å². The fourth-order valence-corrected chi connectivity index (χ4v) is 6.23. The van der Waals surface area contributed by atoms with E-state index in [1.165, 1.54) is 17.7 Å². The summed E-state index contributed by atoms with van der Waals surface area (Å²) in [6, 6.07) is 18.2. The first kappa shape index (κ1) is 25.6. The molecule has 0 unspecified atom stereocenters. The van der Waals surface area contributed by atoms with Crippen molar-refractivity contribution in [2.45, 2.75) is 68.7 Å². The molecule has 6 nitrogen and oxygen atoms in total. The van der Waals surface area contributed by atoms with Crippen LogP contribution >= 0.6 is 0 Å². The maximum atomic E-state index is 12.2. The second kappa shape index (κ2) is 12.5. The van der Waals surface area contributed by atoms with Gasteiger partial charge in [0, 0.05) is 13.0 Å². The van der Waals surface area contributed by atoms with Crippen LogP contribution in [0.5, 0.6) is 0 Å². The van der Waals surface area contributed by atoms with Crippen LogP contribution in [0.15, 0.2) is 77.7 Å². The SMILES string of the molecule is O=C(CCCC=CC[C@@H]1[C@H](CCOCc2ccccc2)[C@@H]2CC[C@H]1O2)NS(=O)(=O)c1ccccc1. The number of carbonyl (C=O) groups excluding carboxylic acids is 1. The third-order valence-corrected chi connectivity index (χ3v) is 8.34. The highest BCUT2D eigenvalue weighted by Crippen LogP contribution is 2.46. The first-order valence-electron chi connectivity index (χ1n) is 12.6. The normalized spacial score (nSPS) is 23.7. The largest absolute Gasteiger partial charge is 0.377 e. The Morgan fingerprint density at radius 3 is 2.40 bits per heavy atom. The van der Waals surface area contributed by atoms with E-state index < -0.39 is 15.9 Å². The number of fused-ring (bicyclic) bond motifs is 2. The lowest BCUT2D eigenvalue weighted by Crippen LogP contribution is -2.30. The maximum absolute atomic E-state index is 12.2. The van der Waals surface area contributed by atoms with Gasteiger partial charge >= 0.3 is 0 Å². The van der Waals surface area contributed by atoms with Gasteiger partial charge in [-0.3, -0.25) is 4.79 Å². The summed E-state index contributed by atoms with van der Waals surface area (Å²) in [7, 11) is -3.80. The molecule has 0 radical (unpaired) electrons. The molecule has 2 aliphatic heterocycles. The number of allylic oxidation sites excluding steroid dienone is 2. The molecule has 2 fully saturated rings. The van der Waals surface area contributed by atoms with E-state index in [-0.39, 0.29) is 11.3 Å². The summed E-state index contributed by atoms with van der Waals surface area (Å²) in [6.45, 7) is 1.39. The van der Waals surface area contributed by atoms with Crippen molar-refractivity contribution >= 4 is 15.9 Å². The van der Waals surface area contributed by atoms with E-state index in [0.717, 1.165) is 38.7 Å². The molecular formula is C28H35NO5S. The van der Waals surface area contributed by atoms with Crippen LogP contribution in [0.1, 0.15) is 50.5 Å². The molecule has 2 bridgehead atoms. The van der Waals surface area contributed by atoms with E-state index in [4.69, 9.17) is 9.47 Å². The van der Waals surface area contributed by atoms with Crippen LogP contribution in [0.3, 0.4) is 0 Å². The number of nitrogens with one attached hydrogen (secondary N) is 1. The molecule has 35 heavy (non-hydrogen) atoms. The zero-order valence-electron chi connectivity index (χ0n) is 20.1. The van der Waals surface area contributed by atoms with Gasteiger partial charge in [0.1, 0.15) is 0 Å². The van der Waals surface area contributed by atoms with E-state index in [2.05, 4.69) is 29.0 Å². The molecule has 1 amide bonds. The quantitative estimate of drug-likeness (QED) is 0.311. The number of hydrogen-bond donors (Lipinski definition) is 1. The third kappa shape index (κ3) is 7.26. The number of carbonyl (C=O) groups is 1. The maximum Gasteiger partial charge on any atom is 0.264 e. The highest BCUT2D eigenvalue weighted by Gasteiger charge is 2.47. The summed E-state index contributed by atoms with van der Waals surface area (Å²) in [6.07, 6.45) is 10.8. The van der Waals surface area contributed by atoms with Crippen molar-refractivity contribution in [3.05, 3.63) is 78.4 Å². The minimum absolute atomic E-state index is 0.0985. The van der Waals surface area contributed by atoms with E-state index in [0.29, 0.717) is 37.1 Å². The fourth-order valence-electron chi connectivity index (χ4n) is 5.19. The molecule has 0 aliphatic carbocycles. The van der Waals surface area contributed by atoms with E-state index in [9.17, 15) is 13.2 Å². The summed E-state index contributed by atoms with van der Waals surface area (Å²) in [5.74, 6) is 0.576. The van der Waals surface area contributed by atoms with Crippen LogP contribution < -0.4 is 4.72 Å². The Morgan fingerprint density at radius 2 is 1.66 bits per heavy atom. The minimum Gasteiger partial charge on any atom is -0.377 e. The smallest absolute Gasteiger partial charge is 0.264 e. The van der Waals surface area contributed by atoms with Crippen LogP contribution in [-0.2, 0) is 30.9 Å². The summed E-state index contributed by atoms with van der Waals surface area (Å²) in [5.41, 5.74) is 1.20. The molecule has 0 saturated carbocycles. The van der Waals surface area contributed by atoms with Gasteiger partial charge in [0.2, 0.25) is 5.91 Å². The predicted octanol–water partition coefficient (Wildman–Crippen LogP) is 5.01. The summed E-state index contributed by atoms with van der Waals surface area (Å²) in [4.78, 5) is 12.2. The molecule has 0 spiro atoms. The zero-order chi connectivity index (χ0) is 24.5. The average Bonchev–Trinajstić information content (AvgIpc) is 3.47. The van der Waals surface area contributed by atoms with Crippen molar-refractivity contribution in [1.29, 1.82) is 0 Å². The molecule has 2 aliphatic rings. The molecule has 188 valence electrons. The molecular weight excluding hydrogens is 462 g/mol. The molecule has 4 rings (SSSR count). The van der Waals surface area contributed by atoms with Crippen LogP contribution in [0, 0.1) is 11.8 Å². The van der Waals surface area contributed by atoms with Crippen molar-refractivity contribution in [1.82, 2.24) is 4.72 Å². The molecule has 2 heterocycles. The standard InChI is InChI=1S/C28H35NO5S/c30-28(29-35(31,32)23-13-7-4-8-14-23)16-10-2-1-9-15-24-25(27-18-17-26(24)34-27)19-20-33-21-22-11-5-3-6-12-22/h1,3-9,11-14,24-27H,2,10,15-21H2,(H,29,30)/t24-,25+,26-,27+/m1/s1. The van der Waals surface area contributed by atoms with Crippen molar-refractivity contribution < 1.29 is 22.7 Å². The van der Waals surface area contributed by atoms with E-state index >= 15 is 0 Å². The monoisotopic (exact) mass is 497 g/mol. The van der Waals surface area contributed by atoms with Gasteiger partial charge in [-0.05, 0) is 68.1 Å². The number of benzene rings is 2. The van der Waals surface area contributed by atoms with Crippen molar-refractivity contribution in [2.24, 2.45) is 11.8 Å². The van der Waals surface area contributed by atoms with Crippen molar-refractivity contribution in [2.75, 3.05) is 6.61 Å². The molecule has 2 aromatic carbocycles. The number of ether oxygens (including phenoxy) is 2. The summed E-state index contributed by atoms with van der Waals surface area (Å²) in [5, 5.41) is 0. The predicted molar refractivity (Wildman–Crippen MR) is 135 cm³/mol. The number of amides is 1. The van der Waals surface area contributed by atoms with Crippen LogP contribution in [0.25, 0.3) is 0 Å². The first-order chi connectivity index (χ1) is 17.0. The molecule has 7 heteroatoms. The van der Waals surface area contributed by atoms with Gasteiger partial charge in [-0.2, -0.15) is 0 Å². The lowest BCUT2D eigenvalue weighted by atomic mass is 9.76. The van der Waals surface area contributed by atoms with Crippen LogP contribution in [0.4, 0.5) is 0 Å². The molecule has 4 atom stereocenters. The molecule has 2 saturated heterocycles. The topological polar surface area (TPSA) is 81.7 Å². The Labute approximate surface area is 208 Å². The zero-order valence-corrected chi connectivity index (χ0v) is 20.9. The van der Waals surface area contributed by atoms with Crippen LogP contribution in [0.2, 0.25) is 0 Å². The number of sulfonamides is 1. The van der Waals surface area contributed by atoms with Gasteiger partial charge in [0.05, 0.1) is 23.7 Å². The fraction of sp³-hybridized carbons (Fsp3) is 0.464. The van der Waals surface area contributed by atoms with E-state index in [1.54, 1.807) is 18.2 Å². The highest BCUT2D eigenvalue weighted by atomic mass is 32.2. The second-order valence-corrected chi connectivity index (χ2v) is 11.1. The van der Waals surface area contributed by atoms with Gasteiger partial charge < -0.3 is 9.47 Å². The molecule has 0 aromatic heterocycles. The van der Waals surface area contributed by atoms with Crippen LogP contribution in [-0.4, -0.2) is 33.1 Å². The Kier molecular flexibility index (Phi) is 9.12. The molecule has 2 aromatic rings. The Morgan fingerprint density at radius 1 is 0.971 bits per heavy atom. The Balaban J connectivity index is 1.15. The minimum atomic E-state index is -3.80. The van der Waals surface area contributed by atoms with Crippen molar-refractivity contribution in [3.8, 4) is 0 Å². The second-order valence-electron chi connectivity index (χ2n) is 9.39.